The third-order valence-electron chi connectivity index (χ3n) is 19.4. The highest BCUT2D eigenvalue weighted by atomic mass is 16.6. The molecule has 1 saturated carbocycles. The largest absolute Gasteiger partial charge is 0.497 e. The van der Waals surface area contributed by atoms with Gasteiger partial charge in [-0.25, -0.2) is 9.59 Å². The van der Waals surface area contributed by atoms with E-state index in [9.17, 15) is 9.59 Å². The number of esters is 2. The molecular weight excluding hydrogens is 1090 g/mol. The summed E-state index contributed by atoms with van der Waals surface area (Å²) in [6.07, 6.45) is 19.3. The number of nitrogens with zero attached hydrogens (tertiary/aromatic N) is 1. The molecule has 0 amide bonds. The average Bonchev–Trinajstić information content (AvgIpc) is 1.47. The first-order chi connectivity index (χ1) is 43.1. The van der Waals surface area contributed by atoms with Crippen LogP contribution in [-0.4, -0.2) is 46.4 Å². The third kappa shape index (κ3) is 10.9. The summed E-state index contributed by atoms with van der Waals surface area (Å²) in [4.78, 5) is 30.2. The quantitative estimate of drug-likeness (QED) is 0.0473. The molecule has 2 heterocycles. The van der Waals surface area contributed by atoms with Crippen molar-refractivity contribution in [3.8, 4) is 62.1 Å². The number of anilines is 1. The standard InChI is InChI=1S/C79H77NO8/c1-6-8-10-15-52-18-20-53(21-19-52)54-22-24-55(25-23-54)56-26-30-59(31-27-56)76(81)86-65-42-34-58(35-43-65)57-28-32-60(33-29-57)77(82)87-72-50-68-69(51-71(72)84-4)75-67(74-73(68)66-16-11-12-17-70(66)78(74,7-2)85-5)46-47-79(88-75,62-38-44-64(83-3)45-39-62)61-36-40-63(41-37-61)80-48-13-9-14-49-80/h11-12,16-17,22-47,50-53H,6-10,13-15,18-21,48-49H2,1-5H3. The van der Waals surface area contributed by atoms with Crippen LogP contribution >= 0.6 is 0 Å². The van der Waals surface area contributed by atoms with E-state index in [0.717, 1.165) is 96.7 Å². The fourth-order valence-corrected chi connectivity index (χ4v) is 14.4. The number of ether oxygens (including phenoxy) is 6. The molecule has 13 rings (SSSR count). The molecule has 88 heavy (non-hydrogen) atoms. The van der Waals surface area contributed by atoms with Crippen molar-refractivity contribution in [1.29, 1.82) is 0 Å². The summed E-state index contributed by atoms with van der Waals surface area (Å²) in [5.74, 6) is 3.05. The number of hydrogen-bond acceptors (Lipinski definition) is 9. The second-order valence-electron chi connectivity index (χ2n) is 24.3. The number of piperidine rings is 1. The van der Waals surface area contributed by atoms with Crippen LogP contribution in [0.2, 0.25) is 0 Å². The molecule has 1 saturated heterocycles. The van der Waals surface area contributed by atoms with E-state index in [1.807, 2.05) is 72.8 Å². The van der Waals surface area contributed by atoms with Crippen LogP contribution in [0.3, 0.4) is 0 Å². The third-order valence-corrected chi connectivity index (χ3v) is 19.4. The molecule has 2 fully saturated rings. The van der Waals surface area contributed by atoms with E-state index >= 15 is 0 Å². The Kier molecular flexibility index (Phi) is 16.5. The van der Waals surface area contributed by atoms with Gasteiger partial charge in [0.15, 0.2) is 17.1 Å². The maximum Gasteiger partial charge on any atom is 0.343 e. The Morgan fingerprint density at radius 2 is 1.16 bits per heavy atom. The molecule has 9 aromatic carbocycles. The lowest BCUT2D eigenvalue weighted by Crippen LogP contribution is -2.36. The second kappa shape index (κ2) is 25.1. The summed E-state index contributed by atoms with van der Waals surface area (Å²) < 4.78 is 38.4. The molecule has 2 aliphatic heterocycles. The van der Waals surface area contributed by atoms with Crippen molar-refractivity contribution in [2.75, 3.05) is 39.3 Å². The lowest BCUT2D eigenvalue weighted by atomic mass is 9.77. The predicted octanol–water partition coefficient (Wildman–Crippen LogP) is 19.1. The van der Waals surface area contributed by atoms with E-state index in [4.69, 9.17) is 28.4 Å². The van der Waals surface area contributed by atoms with E-state index in [-0.39, 0.29) is 5.75 Å². The van der Waals surface area contributed by atoms with Gasteiger partial charge >= 0.3 is 11.9 Å². The van der Waals surface area contributed by atoms with Gasteiger partial charge in [-0.05, 0) is 192 Å². The Hall–Kier alpha value is -8.92. The monoisotopic (exact) mass is 1170 g/mol. The minimum atomic E-state index is -1.05. The van der Waals surface area contributed by atoms with Gasteiger partial charge in [0.1, 0.15) is 22.8 Å². The SMILES string of the molecule is CCCCCC1CCC(c2ccc(-c3ccc(C(=O)Oc4ccc(-c5ccc(C(=O)Oc6cc7c8c(c9c(c7cc6OC)OC(c6ccc(OC)cc6)(c6ccc(N7CCCCC7)cc6)C=C9)C(CC)(OC)c6ccccc6-8)cc5)cc4)cc3)cc2)CC1. The van der Waals surface area contributed by atoms with Crippen molar-refractivity contribution in [3.05, 3.63) is 233 Å². The van der Waals surface area contributed by atoms with Crippen LogP contribution in [0.15, 0.2) is 188 Å². The number of unbranched alkanes of at least 4 members (excludes halogenated alkanes) is 2. The van der Waals surface area contributed by atoms with Crippen LogP contribution in [0.5, 0.6) is 28.7 Å². The van der Waals surface area contributed by atoms with E-state index in [1.165, 1.54) is 81.9 Å². The predicted molar refractivity (Wildman–Crippen MR) is 352 cm³/mol. The summed E-state index contributed by atoms with van der Waals surface area (Å²) in [5, 5.41) is 1.63. The van der Waals surface area contributed by atoms with Crippen molar-refractivity contribution < 1.29 is 38.0 Å². The number of rotatable bonds is 18. The fourth-order valence-electron chi connectivity index (χ4n) is 14.4. The van der Waals surface area contributed by atoms with E-state index < -0.39 is 23.1 Å². The number of fused-ring (bicyclic) bond motifs is 8. The van der Waals surface area contributed by atoms with Crippen molar-refractivity contribution >= 4 is 34.5 Å². The molecule has 2 aliphatic carbocycles. The van der Waals surface area contributed by atoms with Gasteiger partial charge in [0.05, 0.1) is 25.3 Å². The van der Waals surface area contributed by atoms with Crippen LogP contribution in [0.4, 0.5) is 5.69 Å². The van der Waals surface area contributed by atoms with Gasteiger partial charge < -0.3 is 33.3 Å². The summed E-state index contributed by atoms with van der Waals surface area (Å²) in [6.45, 7) is 6.53. The van der Waals surface area contributed by atoms with E-state index in [0.29, 0.717) is 40.7 Å². The molecule has 2 unspecified atom stereocenters. The molecule has 0 aromatic heterocycles. The van der Waals surface area contributed by atoms with E-state index in [1.54, 1.807) is 45.6 Å². The topological polar surface area (TPSA) is 92.8 Å². The van der Waals surface area contributed by atoms with Gasteiger partial charge in [-0.2, -0.15) is 0 Å². The molecule has 0 bridgehead atoms. The Morgan fingerprint density at radius 1 is 0.580 bits per heavy atom. The number of carbonyl (C=O) groups excluding carboxylic acids is 2. The molecule has 4 aliphatic rings. The van der Waals surface area contributed by atoms with Crippen LogP contribution in [-0.2, 0) is 15.9 Å². The van der Waals surface area contributed by atoms with Gasteiger partial charge in [0.2, 0.25) is 0 Å². The van der Waals surface area contributed by atoms with Crippen LogP contribution < -0.4 is 28.6 Å². The first kappa shape index (κ1) is 58.1. The summed E-state index contributed by atoms with van der Waals surface area (Å²) in [7, 11) is 5.04. The van der Waals surface area contributed by atoms with Crippen molar-refractivity contribution in [3.63, 3.8) is 0 Å². The number of carbonyl (C=O) groups is 2. The molecule has 9 nitrogen and oxygen atoms in total. The lowest BCUT2D eigenvalue weighted by Gasteiger charge is -2.39. The highest BCUT2D eigenvalue weighted by molar-refractivity contribution is 6.10. The molecule has 9 heteroatoms. The normalized spacial score (nSPS) is 19.3. The number of methoxy groups -OCH3 is 3. The fraction of sp³-hybridized carbons (Fsp3) is 0.291. The molecule has 446 valence electrons. The Bertz CT molecular complexity index is 4000. The van der Waals surface area contributed by atoms with Gasteiger partial charge in [0.25, 0.3) is 0 Å². The maximum absolute atomic E-state index is 14.4. The zero-order valence-corrected chi connectivity index (χ0v) is 51.2. The van der Waals surface area contributed by atoms with Crippen LogP contribution in [0, 0.1) is 5.92 Å². The minimum absolute atomic E-state index is 0.266. The number of hydrogen-bond donors (Lipinski definition) is 0. The zero-order chi connectivity index (χ0) is 60.4. The van der Waals surface area contributed by atoms with Crippen LogP contribution in [0.25, 0.3) is 50.2 Å². The second-order valence-corrected chi connectivity index (χ2v) is 24.3. The zero-order valence-electron chi connectivity index (χ0n) is 51.2. The highest BCUT2D eigenvalue weighted by Crippen LogP contribution is 2.60. The van der Waals surface area contributed by atoms with Gasteiger partial charge in [-0.3, -0.25) is 0 Å². The molecule has 0 N–H and O–H groups in total. The average molecular weight is 1170 g/mol. The van der Waals surface area contributed by atoms with Gasteiger partial charge in [-0.15, -0.1) is 0 Å². The Morgan fingerprint density at radius 3 is 1.76 bits per heavy atom. The van der Waals surface area contributed by atoms with Crippen molar-refractivity contribution in [1.82, 2.24) is 0 Å². The summed E-state index contributed by atoms with van der Waals surface area (Å²) >= 11 is 0. The number of benzene rings is 9. The Balaban J connectivity index is 0.742. The summed E-state index contributed by atoms with van der Waals surface area (Å²) in [5.41, 5.74) is 12.5. The first-order valence-electron chi connectivity index (χ1n) is 31.7. The van der Waals surface area contributed by atoms with Gasteiger partial charge in [-0.1, -0.05) is 155 Å². The first-order valence-corrected chi connectivity index (χ1v) is 31.7. The van der Waals surface area contributed by atoms with Crippen molar-refractivity contribution in [2.24, 2.45) is 5.92 Å². The molecule has 0 spiro atoms. The summed E-state index contributed by atoms with van der Waals surface area (Å²) in [6, 6.07) is 60.5. The maximum atomic E-state index is 14.4. The lowest BCUT2D eigenvalue weighted by molar-refractivity contribution is 0.0219. The molecule has 2 atom stereocenters. The molecular formula is C79H77NO8. The highest BCUT2D eigenvalue weighted by Gasteiger charge is 2.48. The van der Waals surface area contributed by atoms with Crippen LogP contribution in [0.1, 0.15) is 151 Å². The van der Waals surface area contributed by atoms with E-state index in [2.05, 4.69) is 116 Å². The minimum Gasteiger partial charge on any atom is -0.497 e. The molecule has 9 aromatic rings. The Labute approximate surface area is 517 Å². The molecule has 0 radical (unpaired) electrons. The smallest absolute Gasteiger partial charge is 0.343 e. The van der Waals surface area contributed by atoms with Gasteiger partial charge in [0, 0.05) is 53.5 Å². The van der Waals surface area contributed by atoms with Crippen molar-refractivity contribution in [2.45, 2.75) is 108 Å².